The van der Waals surface area contributed by atoms with Crippen LogP contribution in [0.2, 0.25) is 0 Å². The number of nitrogens with zero attached hydrogens (tertiary/aromatic N) is 2. The average molecular weight is 290 g/mol. The van der Waals surface area contributed by atoms with Crippen molar-refractivity contribution in [2.24, 2.45) is 12.8 Å². The third-order valence-corrected chi connectivity index (χ3v) is 4.52. The Balaban J connectivity index is 2.83. The van der Waals surface area contributed by atoms with Gasteiger partial charge in [0.2, 0.25) is 0 Å². The molecule has 0 aliphatic heterocycles. The summed E-state index contributed by atoms with van der Waals surface area (Å²) in [5.41, 5.74) is 7.03. The number of aryl methyl sites for hydroxylation is 2. The number of hydrogen-bond donors (Lipinski definition) is 2. The van der Waals surface area contributed by atoms with Gasteiger partial charge in [-0.3, -0.25) is 4.68 Å². The summed E-state index contributed by atoms with van der Waals surface area (Å²) in [5.74, 6) is 0.873. The molecular formula is C10H18N4O2S2. The molecule has 1 heterocycles. The fourth-order valence-corrected chi connectivity index (χ4v) is 2.57. The molecule has 0 saturated heterocycles. The van der Waals surface area contributed by atoms with Gasteiger partial charge >= 0.3 is 0 Å². The molecule has 0 aromatic carbocycles. The summed E-state index contributed by atoms with van der Waals surface area (Å²) >= 11 is 4.96. The van der Waals surface area contributed by atoms with Crippen molar-refractivity contribution in [3.8, 4) is 0 Å². The van der Waals surface area contributed by atoms with Crippen molar-refractivity contribution in [1.82, 2.24) is 9.78 Å². The molecule has 0 spiro atoms. The molecule has 18 heavy (non-hydrogen) atoms. The van der Waals surface area contributed by atoms with Crippen LogP contribution in [0.4, 0.5) is 5.82 Å². The highest BCUT2D eigenvalue weighted by atomic mass is 32.2. The highest BCUT2D eigenvalue weighted by molar-refractivity contribution is 7.91. The van der Waals surface area contributed by atoms with Crippen LogP contribution in [0.5, 0.6) is 0 Å². The number of anilines is 1. The summed E-state index contributed by atoms with van der Waals surface area (Å²) in [6, 6.07) is 0. The van der Waals surface area contributed by atoms with Gasteiger partial charge in [-0.25, -0.2) is 8.42 Å². The van der Waals surface area contributed by atoms with Gasteiger partial charge in [-0.15, -0.1) is 0 Å². The lowest BCUT2D eigenvalue weighted by Gasteiger charge is -2.09. The number of nitrogens with two attached hydrogens (primary N) is 1. The molecule has 0 aliphatic rings. The largest absolute Gasteiger partial charge is 0.389 e. The van der Waals surface area contributed by atoms with Gasteiger partial charge in [-0.05, 0) is 6.92 Å². The van der Waals surface area contributed by atoms with Gasteiger partial charge in [0.1, 0.15) is 10.8 Å². The fraction of sp³-hybridized carbons (Fsp3) is 0.600. The highest BCUT2D eigenvalue weighted by Gasteiger charge is 2.16. The number of hydrogen-bond acceptors (Lipinski definition) is 5. The summed E-state index contributed by atoms with van der Waals surface area (Å²) in [7, 11) is -1.23. The summed E-state index contributed by atoms with van der Waals surface area (Å²) in [4.78, 5) is 0.251. The lowest BCUT2D eigenvalue weighted by atomic mass is 10.2. The van der Waals surface area contributed by atoms with E-state index < -0.39 is 9.84 Å². The van der Waals surface area contributed by atoms with Crippen molar-refractivity contribution in [2.45, 2.75) is 13.8 Å². The third-order valence-electron chi connectivity index (χ3n) is 2.61. The number of aromatic nitrogens is 2. The topological polar surface area (TPSA) is 90.0 Å². The van der Waals surface area contributed by atoms with Crippen molar-refractivity contribution in [3.63, 3.8) is 0 Å². The molecule has 0 radical (unpaired) electrons. The SMILES string of the molecule is CCS(=O)(=O)CCNc1c(C(N)=S)c(C)nn1C. The van der Waals surface area contributed by atoms with E-state index >= 15 is 0 Å². The smallest absolute Gasteiger partial charge is 0.151 e. The quantitative estimate of drug-likeness (QED) is 0.728. The maximum atomic E-state index is 11.4. The highest BCUT2D eigenvalue weighted by Crippen LogP contribution is 2.18. The minimum absolute atomic E-state index is 0.0739. The van der Waals surface area contributed by atoms with E-state index in [1.165, 1.54) is 0 Å². The molecule has 0 unspecified atom stereocenters. The van der Waals surface area contributed by atoms with Crippen LogP contribution in [0.1, 0.15) is 18.2 Å². The first-order chi connectivity index (χ1) is 8.28. The second kappa shape index (κ2) is 5.66. The molecule has 0 aliphatic carbocycles. The van der Waals surface area contributed by atoms with Crippen LogP contribution in [-0.2, 0) is 16.9 Å². The van der Waals surface area contributed by atoms with Gasteiger partial charge < -0.3 is 11.1 Å². The Morgan fingerprint density at radius 1 is 1.56 bits per heavy atom. The van der Waals surface area contributed by atoms with E-state index in [0.717, 1.165) is 5.69 Å². The Bertz CT molecular complexity index is 548. The first kappa shape index (κ1) is 14.9. The maximum absolute atomic E-state index is 11.4. The van der Waals surface area contributed by atoms with Crippen molar-refractivity contribution in [3.05, 3.63) is 11.3 Å². The molecule has 1 aromatic heterocycles. The molecule has 8 heteroatoms. The number of nitrogens with one attached hydrogen (secondary N) is 1. The molecular weight excluding hydrogens is 272 g/mol. The van der Waals surface area contributed by atoms with Crippen LogP contribution in [0.25, 0.3) is 0 Å². The Morgan fingerprint density at radius 2 is 2.17 bits per heavy atom. The molecule has 1 rings (SSSR count). The predicted octanol–water partition coefficient (Wildman–Crippen LogP) is 0.209. The van der Waals surface area contributed by atoms with Crippen molar-refractivity contribution >= 4 is 32.9 Å². The van der Waals surface area contributed by atoms with E-state index in [1.807, 2.05) is 6.92 Å². The van der Waals surface area contributed by atoms with Crippen molar-refractivity contribution in [1.29, 1.82) is 0 Å². The van der Waals surface area contributed by atoms with E-state index in [-0.39, 0.29) is 16.5 Å². The zero-order valence-electron chi connectivity index (χ0n) is 10.7. The molecule has 0 amide bonds. The Hall–Kier alpha value is -1.15. The van der Waals surface area contributed by atoms with Gasteiger partial charge in [0.05, 0.1) is 17.0 Å². The van der Waals surface area contributed by atoms with E-state index in [1.54, 1.807) is 18.7 Å². The van der Waals surface area contributed by atoms with Gasteiger partial charge in [-0.1, -0.05) is 19.1 Å². The van der Waals surface area contributed by atoms with Crippen LogP contribution in [0.3, 0.4) is 0 Å². The molecule has 6 nitrogen and oxygen atoms in total. The summed E-state index contributed by atoms with van der Waals surface area (Å²) < 4.78 is 24.4. The van der Waals surface area contributed by atoms with Gasteiger partial charge in [0.25, 0.3) is 0 Å². The minimum Gasteiger partial charge on any atom is -0.389 e. The standard InChI is InChI=1S/C10H18N4O2S2/c1-4-18(15,16)6-5-12-10-8(9(11)17)7(2)13-14(10)3/h12H,4-6H2,1-3H3,(H2,11,17). The normalized spacial score (nSPS) is 11.5. The summed E-state index contributed by atoms with van der Waals surface area (Å²) in [5, 5.41) is 7.23. The van der Waals surface area contributed by atoms with E-state index in [9.17, 15) is 8.42 Å². The Kier molecular flexibility index (Phi) is 4.69. The van der Waals surface area contributed by atoms with Crippen LogP contribution >= 0.6 is 12.2 Å². The minimum atomic E-state index is -2.99. The molecule has 0 atom stereocenters. The lowest BCUT2D eigenvalue weighted by Crippen LogP contribution is -2.20. The Morgan fingerprint density at radius 3 is 2.67 bits per heavy atom. The molecule has 3 N–H and O–H groups in total. The van der Waals surface area contributed by atoms with E-state index in [0.29, 0.717) is 17.9 Å². The molecule has 102 valence electrons. The monoisotopic (exact) mass is 290 g/mol. The first-order valence-corrected chi connectivity index (χ1v) is 7.79. The van der Waals surface area contributed by atoms with E-state index in [2.05, 4.69) is 10.4 Å². The van der Waals surface area contributed by atoms with Gasteiger partial charge in [0, 0.05) is 19.3 Å². The van der Waals surface area contributed by atoms with Gasteiger partial charge in [0.15, 0.2) is 9.84 Å². The predicted molar refractivity (Wildman–Crippen MR) is 76.6 cm³/mol. The van der Waals surface area contributed by atoms with Crippen LogP contribution in [0.15, 0.2) is 0 Å². The van der Waals surface area contributed by atoms with Crippen molar-refractivity contribution in [2.75, 3.05) is 23.4 Å². The van der Waals surface area contributed by atoms with Crippen LogP contribution in [-0.4, -0.2) is 41.2 Å². The zero-order valence-corrected chi connectivity index (χ0v) is 12.4. The first-order valence-electron chi connectivity index (χ1n) is 5.56. The molecule has 0 bridgehead atoms. The maximum Gasteiger partial charge on any atom is 0.151 e. The molecule has 0 saturated carbocycles. The third kappa shape index (κ3) is 3.42. The van der Waals surface area contributed by atoms with E-state index in [4.69, 9.17) is 18.0 Å². The number of thiocarbonyl (C=S) groups is 1. The zero-order chi connectivity index (χ0) is 13.9. The Labute approximate surface area is 112 Å². The average Bonchev–Trinajstić information content (AvgIpc) is 2.53. The van der Waals surface area contributed by atoms with Gasteiger partial charge in [-0.2, -0.15) is 5.10 Å². The molecule has 0 fully saturated rings. The van der Waals surface area contributed by atoms with Crippen molar-refractivity contribution < 1.29 is 8.42 Å². The number of rotatable bonds is 6. The molecule has 1 aromatic rings. The van der Waals surface area contributed by atoms with Crippen LogP contribution < -0.4 is 11.1 Å². The summed E-state index contributed by atoms with van der Waals surface area (Å²) in [6.45, 7) is 3.75. The van der Waals surface area contributed by atoms with Crippen LogP contribution in [0, 0.1) is 6.92 Å². The summed E-state index contributed by atoms with van der Waals surface area (Å²) in [6.07, 6.45) is 0. The lowest BCUT2D eigenvalue weighted by molar-refractivity contribution is 0.597. The second-order valence-corrected chi connectivity index (χ2v) is 6.87. The number of sulfone groups is 1. The second-order valence-electron chi connectivity index (χ2n) is 3.96. The fourth-order valence-electron chi connectivity index (χ4n) is 1.63.